The summed E-state index contributed by atoms with van der Waals surface area (Å²) in [6.45, 7) is 2.89. The minimum Gasteiger partial charge on any atom is -0.366 e. The number of fused-ring (bicyclic) bond motifs is 2. The molecule has 2 heterocycles. The lowest BCUT2D eigenvalue weighted by molar-refractivity contribution is 0.0999. The molecule has 0 saturated carbocycles. The van der Waals surface area contributed by atoms with E-state index < -0.39 is 5.91 Å². The van der Waals surface area contributed by atoms with Crippen molar-refractivity contribution in [3.05, 3.63) is 65.0 Å². The molecule has 0 unspecified atom stereocenters. The topological polar surface area (TPSA) is 104 Å². The van der Waals surface area contributed by atoms with Gasteiger partial charge in [-0.25, -0.2) is 9.78 Å². The first-order valence-corrected chi connectivity index (χ1v) is 8.93. The number of rotatable bonds is 3. The van der Waals surface area contributed by atoms with Crippen LogP contribution in [0.3, 0.4) is 0 Å². The molecule has 7 heteroatoms. The van der Waals surface area contributed by atoms with Crippen molar-refractivity contribution in [1.82, 2.24) is 20.2 Å². The number of nitrogens with one attached hydrogen (secondary N) is 2. The Bertz CT molecular complexity index is 993. The molecule has 0 aliphatic carbocycles. The molecule has 2 aromatic carbocycles. The highest BCUT2D eigenvalue weighted by Crippen LogP contribution is 2.23. The number of nitrogens with zero attached hydrogens (tertiary/aromatic N) is 2. The third-order valence-corrected chi connectivity index (χ3v) is 4.98. The predicted molar refractivity (Wildman–Crippen MR) is 102 cm³/mol. The number of hydrogen-bond acceptors (Lipinski definition) is 3. The van der Waals surface area contributed by atoms with Gasteiger partial charge in [0.05, 0.1) is 17.1 Å². The maximum absolute atomic E-state index is 12.7. The molecule has 1 aliphatic heterocycles. The number of para-hydroxylation sites is 2. The van der Waals surface area contributed by atoms with Crippen molar-refractivity contribution in [3.63, 3.8) is 0 Å². The minimum absolute atomic E-state index is 0.155. The normalized spacial score (nSPS) is 14.6. The van der Waals surface area contributed by atoms with Gasteiger partial charge in [0, 0.05) is 18.7 Å². The Hall–Kier alpha value is -3.35. The second kappa shape index (κ2) is 6.75. The van der Waals surface area contributed by atoms with Crippen LogP contribution < -0.4 is 11.1 Å². The number of carbonyl (C=O) groups excluding carboxylic acids is 2. The van der Waals surface area contributed by atoms with Gasteiger partial charge in [0.25, 0.3) is 0 Å². The highest BCUT2D eigenvalue weighted by Gasteiger charge is 2.25. The zero-order chi connectivity index (χ0) is 19.0. The molecule has 1 aromatic heterocycles. The van der Waals surface area contributed by atoms with Gasteiger partial charge in [-0.15, -0.1) is 0 Å². The highest BCUT2D eigenvalue weighted by atomic mass is 16.2. The summed E-state index contributed by atoms with van der Waals surface area (Å²) in [5.41, 5.74) is 9.72. The highest BCUT2D eigenvalue weighted by molar-refractivity contribution is 5.94. The molecule has 0 spiro atoms. The van der Waals surface area contributed by atoms with Crippen LogP contribution in [0.1, 0.15) is 40.3 Å². The number of urea groups is 1. The zero-order valence-corrected chi connectivity index (χ0v) is 15.0. The average Bonchev–Trinajstić information content (AvgIpc) is 3.11. The van der Waals surface area contributed by atoms with Gasteiger partial charge in [-0.1, -0.05) is 24.3 Å². The summed E-state index contributed by atoms with van der Waals surface area (Å²) in [6.07, 6.45) is 0.612. The summed E-state index contributed by atoms with van der Waals surface area (Å²) >= 11 is 0. The van der Waals surface area contributed by atoms with Crippen LogP contribution in [0.5, 0.6) is 0 Å². The Morgan fingerprint density at radius 1 is 1.22 bits per heavy atom. The van der Waals surface area contributed by atoms with E-state index >= 15 is 0 Å². The standard InChI is InChI=1S/C20H21N5O2/c1-12(19-23-16-7-2-3-8-17(16)24-19)22-20(27)25-10-9-14-13(11-25)5-4-6-15(14)18(21)26/h2-8,12H,9-11H2,1H3,(H2,21,26)(H,22,27)(H,23,24)/t12-/m0/s1. The molecule has 0 radical (unpaired) electrons. The number of nitrogens with two attached hydrogens (primary N) is 1. The van der Waals surface area contributed by atoms with Crippen LogP contribution in [-0.2, 0) is 13.0 Å². The third kappa shape index (κ3) is 3.23. The van der Waals surface area contributed by atoms with E-state index in [0.29, 0.717) is 25.1 Å². The van der Waals surface area contributed by atoms with Crippen molar-refractivity contribution in [1.29, 1.82) is 0 Å². The Balaban J connectivity index is 1.47. The fraction of sp³-hybridized carbons (Fsp3) is 0.250. The van der Waals surface area contributed by atoms with Crippen LogP contribution in [0.2, 0.25) is 0 Å². The van der Waals surface area contributed by atoms with Crippen molar-refractivity contribution < 1.29 is 9.59 Å². The van der Waals surface area contributed by atoms with Gasteiger partial charge in [0.2, 0.25) is 5.91 Å². The Kier molecular flexibility index (Phi) is 4.27. The van der Waals surface area contributed by atoms with Gasteiger partial charge in [-0.2, -0.15) is 0 Å². The van der Waals surface area contributed by atoms with Crippen LogP contribution in [-0.4, -0.2) is 33.4 Å². The van der Waals surface area contributed by atoms with Crippen molar-refractivity contribution in [2.24, 2.45) is 5.73 Å². The Labute approximate surface area is 156 Å². The van der Waals surface area contributed by atoms with Gasteiger partial charge < -0.3 is 20.9 Å². The Morgan fingerprint density at radius 2 is 2.04 bits per heavy atom. The first-order valence-electron chi connectivity index (χ1n) is 8.93. The lowest BCUT2D eigenvalue weighted by atomic mass is 9.94. The van der Waals surface area contributed by atoms with E-state index in [0.717, 1.165) is 28.0 Å². The van der Waals surface area contributed by atoms with Crippen LogP contribution in [0, 0.1) is 0 Å². The van der Waals surface area contributed by atoms with Gasteiger partial charge in [0.1, 0.15) is 5.82 Å². The molecule has 27 heavy (non-hydrogen) atoms. The predicted octanol–water partition coefficient (Wildman–Crippen LogP) is 2.49. The van der Waals surface area contributed by atoms with Crippen LogP contribution in [0.15, 0.2) is 42.5 Å². The minimum atomic E-state index is -0.428. The lowest BCUT2D eigenvalue weighted by Gasteiger charge is -2.30. The van der Waals surface area contributed by atoms with Gasteiger partial charge >= 0.3 is 6.03 Å². The summed E-state index contributed by atoms with van der Waals surface area (Å²) in [5, 5.41) is 3.00. The van der Waals surface area contributed by atoms with E-state index in [1.54, 1.807) is 17.0 Å². The SMILES string of the molecule is C[C@H](NC(=O)N1CCc2c(cccc2C(N)=O)C1)c1nc2ccccc2[nH]1. The maximum Gasteiger partial charge on any atom is 0.318 e. The van der Waals surface area contributed by atoms with E-state index in [2.05, 4.69) is 15.3 Å². The summed E-state index contributed by atoms with van der Waals surface area (Å²) in [7, 11) is 0. The zero-order valence-electron chi connectivity index (χ0n) is 15.0. The number of hydrogen-bond donors (Lipinski definition) is 3. The fourth-order valence-corrected chi connectivity index (χ4v) is 3.54. The van der Waals surface area contributed by atoms with E-state index in [4.69, 9.17) is 5.73 Å². The molecule has 4 rings (SSSR count). The first-order chi connectivity index (χ1) is 13.0. The van der Waals surface area contributed by atoms with Gasteiger partial charge in [-0.3, -0.25) is 4.79 Å². The number of imidazole rings is 1. The summed E-state index contributed by atoms with van der Waals surface area (Å²) in [4.78, 5) is 33.8. The number of amides is 3. The molecule has 138 valence electrons. The van der Waals surface area contributed by atoms with Crippen LogP contribution >= 0.6 is 0 Å². The molecule has 0 bridgehead atoms. The van der Waals surface area contributed by atoms with Crippen LogP contribution in [0.25, 0.3) is 11.0 Å². The number of benzene rings is 2. The average molecular weight is 363 g/mol. The van der Waals surface area contributed by atoms with Crippen molar-refractivity contribution >= 4 is 23.0 Å². The second-order valence-electron chi connectivity index (χ2n) is 6.79. The molecular weight excluding hydrogens is 342 g/mol. The molecular formula is C20H21N5O2. The van der Waals surface area contributed by atoms with E-state index in [-0.39, 0.29) is 12.1 Å². The molecule has 1 atom stereocenters. The molecule has 1 aliphatic rings. The number of H-pyrrole nitrogens is 1. The van der Waals surface area contributed by atoms with Gasteiger partial charge in [0.15, 0.2) is 0 Å². The fourth-order valence-electron chi connectivity index (χ4n) is 3.54. The van der Waals surface area contributed by atoms with Crippen molar-refractivity contribution in [2.75, 3.05) is 6.54 Å². The number of primary amides is 1. The molecule has 4 N–H and O–H groups in total. The van der Waals surface area contributed by atoms with Crippen molar-refractivity contribution in [2.45, 2.75) is 25.9 Å². The monoisotopic (exact) mass is 363 g/mol. The van der Waals surface area contributed by atoms with Crippen LogP contribution in [0.4, 0.5) is 4.79 Å². The first kappa shape index (κ1) is 17.1. The number of aromatic nitrogens is 2. The number of carbonyl (C=O) groups is 2. The third-order valence-electron chi connectivity index (χ3n) is 4.98. The molecule has 0 saturated heterocycles. The molecule has 7 nitrogen and oxygen atoms in total. The quantitative estimate of drug-likeness (QED) is 0.666. The largest absolute Gasteiger partial charge is 0.366 e. The van der Waals surface area contributed by atoms with E-state index in [1.165, 1.54) is 0 Å². The summed E-state index contributed by atoms with van der Waals surface area (Å²) in [6, 6.07) is 12.8. The summed E-state index contributed by atoms with van der Waals surface area (Å²) in [5.74, 6) is 0.293. The van der Waals surface area contributed by atoms with E-state index in [1.807, 2.05) is 37.3 Å². The summed E-state index contributed by atoms with van der Waals surface area (Å²) < 4.78 is 0. The maximum atomic E-state index is 12.7. The number of aromatic amines is 1. The van der Waals surface area contributed by atoms with Crippen molar-refractivity contribution in [3.8, 4) is 0 Å². The molecule has 3 aromatic rings. The van der Waals surface area contributed by atoms with Gasteiger partial charge in [-0.05, 0) is 42.7 Å². The second-order valence-corrected chi connectivity index (χ2v) is 6.79. The lowest BCUT2D eigenvalue weighted by Crippen LogP contribution is -2.44. The molecule has 3 amide bonds. The van der Waals surface area contributed by atoms with E-state index in [9.17, 15) is 9.59 Å². The smallest absolute Gasteiger partial charge is 0.318 e. The Morgan fingerprint density at radius 3 is 2.81 bits per heavy atom. The molecule has 0 fully saturated rings.